The summed E-state index contributed by atoms with van der Waals surface area (Å²) in [6.45, 7) is 7.08. The molecule has 2 aromatic carbocycles. The minimum atomic E-state index is -0.656. The summed E-state index contributed by atoms with van der Waals surface area (Å²) in [5, 5.41) is 19.7. The summed E-state index contributed by atoms with van der Waals surface area (Å²) in [4.78, 5) is 15.0. The molecule has 164 valence electrons. The van der Waals surface area contributed by atoms with Gasteiger partial charge >= 0.3 is 0 Å². The highest BCUT2D eigenvalue weighted by Gasteiger charge is 2.29. The number of benzene rings is 2. The number of nitrogens with one attached hydrogen (secondary N) is 1. The Kier molecular flexibility index (Phi) is 5.75. The average Bonchev–Trinajstić information content (AvgIpc) is 3.13. The molecule has 3 aromatic rings. The smallest absolute Gasteiger partial charge is 0.272 e. The number of aromatic amines is 1. The Morgan fingerprint density at radius 1 is 1.19 bits per heavy atom. The molecule has 1 fully saturated rings. The highest BCUT2D eigenvalue weighted by molar-refractivity contribution is 5.96. The lowest BCUT2D eigenvalue weighted by molar-refractivity contribution is 0.0356. The van der Waals surface area contributed by atoms with E-state index in [1.165, 1.54) is 0 Å². The van der Waals surface area contributed by atoms with Crippen LogP contribution in [0.4, 0.5) is 0 Å². The first-order valence-electron chi connectivity index (χ1n) is 10.9. The Labute approximate surface area is 183 Å². The van der Waals surface area contributed by atoms with Gasteiger partial charge < -0.3 is 14.7 Å². The zero-order valence-corrected chi connectivity index (χ0v) is 18.7. The van der Waals surface area contributed by atoms with Crippen molar-refractivity contribution in [1.29, 1.82) is 0 Å². The molecular formula is C25H31N3O3. The molecule has 0 unspecified atom stereocenters. The second kappa shape index (κ2) is 8.35. The van der Waals surface area contributed by atoms with E-state index >= 15 is 0 Å². The topological polar surface area (TPSA) is 78.5 Å². The molecular weight excluding hydrogens is 390 g/mol. The Hall–Kier alpha value is -2.86. The fraction of sp³-hybridized carbons (Fsp3) is 0.440. The van der Waals surface area contributed by atoms with Crippen molar-refractivity contribution in [3.63, 3.8) is 0 Å². The second-order valence-electron chi connectivity index (χ2n) is 9.25. The van der Waals surface area contributed by atoms with Crippen LogP contribution in [0.1, 0.15) is 49.2 Å². The molecule has 6 heteroatoms. The predicted octanol–water partition coefficient (Wildman–Crippen LogP) is 4.56. The number of rotatable bonds is 5. The number of carbonyl (C=O) groups is 1. The molecule has 0 spiro atoms. The zero-order valence-electron chi connectivity index (χ0n) is 18.7. The molecule has 0 radical (unpaired) electrons. The molecule has 6 nitrogen and oxygen atoms in total. The highest BCUT2D eigenvalue weighted by Crippen LogP contribution is 2.30. The predicted molar refractivity (Wildman–Crippen MR) is 122 cm³/mol. The van der Waals surface area contributed by atoms with Crippen molar-refractivity contribution in [2.45, 2.75) is 45.6 Å². The number of H-pyrrole nitrogens is 1. The van der Waals surface area contributed by atoms with E-state index in [9.17, 15) is 9.90 Å². The van der Waals surface area contributed by atoms with Crippen LogP contribution in [0.25, 0.3) is 22.0 Å². The first kappa shape index (κ1) is 21.4. The number of aliphatic hydroxyl groups is 1. The van der Waals surface area contributed by atoms with Crippen LogP contribution in [-0.4, -0.2) is 51.9 Å². The molecule has 1 saturated heterocycles. The van der Waals surface area contributed by atoms with Crippen molar-refractivity contribution in [3.05, 3.63) is 47.7 Å². The average molecular weight is 422 g/mol. The maximum Gasteiger partial charge on any atom is 0.272 e. The van der Waals surface area contributed by atoms with Crippen molar-refractivity contribution >= 4 is 16.7 Å². The molecule has 0 aliphatic carbocycles. The number of likely N-dealkylation sites (tertiary alicyclic amines) is 1. The van der Waals surface area contributed by atoms with E-state index in [2.05, 4.69) is 22.3 Å². The van der Waals surface area contributed by atoms with Gasteiger partial charge in [0.25, 0.3) is 5.91 Å². The molecule has 31 heavy (non-hydrogen) atoms. The van der Waals surface area contributed by atoms with Crippen LogP contribution in [0.3, 0.4) is 0 Å². The third-order valence-electron chi connectivity index (χ3n) is 6.23. The molecule has 2 N–H and O–H groups in total. The number of nitrogens with zero attached hydrogens (tertiary/aromatic N) is 2. The lowest BCUT2D eigenvalue weighted by Gasteiger charge is -2.34. The number of ether oxygens (including phenoxy) is 1. The van der Waals surface area contributed by atoms with E-state index in [0.29, 0.717) is 24.7 Å². The van der Waals surface area contributed by atoms with Gasteiger partial charge in [0.2, 0.25) is 0 Å². The van der Waals surface area contributed by atoms with Gasteiger partial charge in [0.1, 0.15) is 11.4 Å². The normalized spacial score (nSPS) is 15.5. The number of hydrogen-bond acceptors (Lipinski definition) is 4. The molecule has 0 saturated carbocycles. The summed E-state index contributed by atoms with van der Waals surface area (Å²) in [5.41, 5.74) is 2.56. The number of amides is 1. The summed E-state index contributed by atoms with van der Waals surface area (Å²) in [6, 6.07) is 12.2. The van der Waals surface area contributed by atoms with Gasteiger partial charge in [-0.05, 0) is 74.9 Å². The van der Waals surface area contributed by atoms with Gasteiger partial charge in [-0.25, -0.2) is 0 Å². The number of methoxy groups -OCH3 is 1. The quantitative estimate of drug-likeness (QED) is 0.633. The fourth-order valence-corrected chi connectivity index (χ4v) is 4.59. The van der Waals surface area contributed by atoms with Crippen LogP contribution in [-0.2, 0) is 0 Å². The van der Waals surface area contributed by atoms with Crippen molar-refractivity contribution in [1.82, 2.24) is 15.1 Å². The van der Waals surface area contributed by atoms with Crippen molar-refractivity contribution in [2.75, 3.05) is 20.2 Å². The van der Waals surface area contributed by atoms with Gasteiger partial charge in [0, 0.05) is 24.2 Å². The second-order valence-corrected chi connectivity index (χ2v) is 9.25. The lowest BCUT2D eigenvalue weighted by Crippen LogP contribution is -2.40. The Morgan fingerprint density at radius 2 is 1.87 bits per heavy atom. The molecule has 1 aliphatic rings. The summed E-state index contributed by atoms with van der Waals surface area (Å²) in [5.74, 6) is 1.29. The van der Waals surface area contributed by atoms with E-state index in [1.807, 2.05) is 49.9 Å². The highest BCUT2D eigenvalue weighted by atomic mass is 16.5. The first-order valence-corrected chi connectivity index (χ1v) is 10.9. The fourth-order valence-electron chi connectivity index (χ4n) is 4.59. The number of aromatic nitrogens is 2. The van der Waals surface area contributed by atoms with Crippen LogP contribution < -0.4 is 4.74 Å². The van der Waals surface area contributed by atoms with Gasteiger partial charge in [0.05, 0.1) is 18.4 Å². The van der Waals surface area contributed by atoms with Crippen LogP contribution in [0, 0.1) is 12.8 Å². The van der Waals surface area contributed by atoms with Gasteiger partial charge in [-0.2, -0.15) is 5.10 Å². The molecule has 1 aliphatic heterocycles. The lowest BCUT2D eigenvalue weighted by atomic mass is 9.86. The van der Waals surface area contributed by atoms with Crippen LogP contribution >= 0.6 is 0 Å². The number of hydrogen-bond donors (Lipinski definition) is 2. The first-order chi connectivity index (χ1) is 14.7. The standard InChI is InChI=1S/C25H31N3O3/c1-16-22(20-6-5-19-14-21(31-4)8-7-18(19)13-20)26-27-23(16)24(29)28-11-9-17(10-12-28)15-25(2,3)30/h5-8,13-14,17,30H,9-12,15H2,1-4H3,(H,26,27). The third-order valence-corrected chi connectivity index (χ3v) is 6.23. The number of piperidine rings is 1. The monoisotopic (exact) mass is 421 g/mol. The van der Waals surface area contributed by atoms with Crippen LogP contribution in [0.2, 0.25) is 0 Å². The Morgan fingerprint density at radius 3 is 2.55 bits per heavy atom. The van der Waals surface area contributed by atoms with Crippen molar-refractivity contribution < 1.29 is 14.6 Å². The Balaban J connectivity index is 1.51. The van der Waals surface area contributed by atoms with Crippen LogP contribution in [0.5, 0.6) is 5.75 Å². The van der Waals surface area contributed by atoms with E-state index in [0.717, 1.165) is 52.6 Å². The van der Waals surface area contributed by atoms with Gasteiger partial charge in [-0.1, -0.05) is 18.2 Å². The Bertz CT molecular complexity index is 1090. The van der Waals surface area contributed by atoms with E-state index in [4.69, 9.17) is 4.74 Å². The van der Waals surface area contributed by atoms with Gasteiger partial charge in [0.15, 0.2) is 0 Å². The van der Waals surface area contributed by atoms with Gasteiger partial charge in [-0.15, -0.1) is 0 Å². The third kappa shape index (κ3) is 4.59. The molecule has 2 heterocycles. The maximum absolute atomic E-state index is 13.1. The number of fused-ring (bicyclic) bond motifs is 1. The van der Waals surface area contributed by atoms with Crippen molar-refractivity contribution in [2.24, 2.45) is 5.92 Å². The molecule has 1 amide bonds. The molecule has 1 aromatic heterocycles. The number of carbonyl (C=O) groups excluding carboxylic acids is 1. The minimum absolute atomic E-state index is 0.00323. The summed E-state index contributed by atoms with van der Waals surface area (Å²) < 4.78 is 5.30. The summed E-state index contributed by atoms with van der Waals surface area (Å²) in [7, 11) is 1.66. The zero-order chi connectivity index (χ0) is 22.2. The maximum atomic E-state index is 13.1. The summed E-state index contributed by atoms with van der Waals surface area (Å²) in [6.07, 6.45) is 2.61. The molecule has 0 bridgehead atoms. The van der Waals surface area contributed by atoms with Gasteiger partial charge in [-0.3, -0.25) is 9.89 Å². The molecule has 0 atom stereocenters. The van der Waals surface area contributed by atoms with E-state index in [-0.39, 0.29) is 5.91 Å². The van der Waals surface area contributed by atoms with Crippen LogP contribution in [0.15, 0.2) is 36.4 Å². The van der Waals surface area contributed by atoms with E-state index in [1.54, 1.807) is 7.11 Å². The van der Waals surface area contributed by atoms with E-state index < -0.39 is 5.60 Å². The largest absolute Gasteiger partial charge is 0.497 e. The summed E-state index contributed by atoms with van der Waals surface area (Å²) >= 11 is 0. The SMILES string of the molecule is COc1ccc2cc(-c3n[nH]c(C(=O)N4CCC(CC(C)(C)O)CC4)c3C)ccc2c1. The molecule has 4 rings (SSSR count). The minimum Gasteiger partial charge on any atom is -0.497 e. The van der Waals surface area contributed by atoms with Crippen molar-refractivity contribution in [3.8, 4) is 17.0 Å².